The van der Waals surface area contributed by atoms with Crippen molar-refractivity contribution in [1.82, 2.24) is 4.90 Å². The highest BCUT2D eigenvalue weighted by Crippen LogP contribution is 2.37. The van der Waals surface area contributed by atoms with Crippen LogP contribution in [0.1, 0.15) is 22.3 Å². The first-order valence-corrected chi connectivity index (χ1v) is 10.6. The highest BCUT2D eigenvalue weighted by molar-refractivity contribution is 6.37. The molecule has 168 valence electrons. The van der Waals surface area contributed by atoms with Crippen LogP contribution in [-0.4, -0.2) is 30.9 Å². The number of hydrogen-bond donors (Lipinski definition) is 1. The SMILES string of the molecule is COc1ccccc1CN1C(=O)C(Nc2cccc(C)c2C)=C(c2ccccc2OC)C1=O. The van der Waals surface area contributed by atoms with Gasteiger partial charge in [-0.1, -0.05) is 48.5 Å². The van der Waals surface area contributed by atoms with E-state index in [-0.39, 0.29) is 23.7 Å². The van der Waals surface area contributed by atoms with E-state index in [1.165, 1.54) is 4.90 Å². The average Bonchev–Trinajstić information content (AvgIpc) is 3.06. The molecule has 1 aliphatic heterocycles. The normalized spacial score (nSPS) is 13.5. The van der Waals surface area contributed by atoms with Crippen LogP contribution in [0.3, 0.4) is 0 Å². The lowest BCUT2D eigenvalue weighted by molar-refractivity contribution is -0.137. The first kappa shape index (κ1) is 22.1. The largest absolute Gasteiger partial charge is 0.496 e. The van der Waals surface area contributed by atoms with Gasteiger partial charge in [-0.15, -0.1) is 0 Å². The molecule has 0 bridgehead atoms. The van der Waals surface area contributed by atoms with E-state index in [0.717, 1.165) is 22.4 Å². The van der Waals surface area contributed by atoms with E-state index in [1.807, 2.05) is 68.4 Å². The first-order valence-electron chi connectivity index (χ1n) is 10.6. The Bertz CT molecular complexity index is 1260. The zero-order valence-electron chi connectivity index (χ0n) is 19.1. The Morgan fingerprint density at radius 1 is 0.788 bits per heavy atom. The van der Waals surface area contributed by atoms with E-state index in [1.54, 1.807) is 26.4 Å². The Labute approximate surface area is 193 Å². The lowest BCUT2D eigenvalue weighted by Crippen LogP contribution is -2.32. The van der Waals surface area contributed by atoms with Gasteiger partial charge in [0, 0.05) is 16.8 Å². The van der Waals surface area contributed by atoms with Gasteiger partial charge >= 0.3 is 0 Å². The fourth-order valence-corrected chi connectivity index (χ4v) is 3.96. The fraction of sp³-hybridized carbons (Fsp3) is 0.185. The molecule has 1 heterocycles. The molecule has 0 saturated carbocycles. The molecule has 6 nitrogen and oxygen atoms in total. The van der Waals surface area contributed by atoms with Gasteiger partial charge in [-0.3, -0.25) is 14.5 Å². The number of para-hydroxylation sites is 2. The number of carbonyl (C=O) groups is 2. The van der Waals surface area contributed by atoms with Crippen LogP contribution in [0.4, 0.5) is 5.69 Å². The maximum Gasteiger partial charge on any atom is 0.278 e. The Kier molecular flexibility index (Phi) is 6.18. The smallest absolute Gasteiger partial charge is 0.278 e. The van der Waals surface area contributed by atoms with Crippen molar-refractivity contribution >= 4 is 23.1 Å². The average molecular weight is 443 g/mol. The summed E-state index contributed by atoms with van der Waals surface area (Å²) in [5, 5.41) is 3.26. The summed E-state index contributed by atoms with van der Waals surface area (Å²) in [5.74, 6) is 0.358. The van der Waals surface area contributed by atoms with Gasteiger partial charge in [-0.2, -0.15) is 0 Å². The Morgan fingerprint density at radius 2 is 1.45 bits per heavy atom. The van der Waals surface area contributed by atoms with Gasteiger partial charge in [-0.05, 0) is 43.2 Å². The van der Waals surface area contributed by atoms with E-state index < -0.39 is 5.91 Å². The Balaban J connectivity index is 1.82. The van der Waals surface area contributed by atoms with Crippen LogP contribution in [0, 0.1) is 13.8 Å². The molecule has 3 aromatic carbocycles. The van der Waals surface area contributed by atoms with Crippen LogP contribution in [0.2, 0.25) is 0 Å². The number of anilines is 1. The predicted octanol–water partition coefficient (Wildman–Crippen LogP) is 4.71. The number of nitrogens with one attached hydrogen (secondary N) is 1. The van der Waals surface area contributed by atoms with Crippen LogP contribution in [-0.2, 0) is 16.1 Å². The summed E-state index contributed by atoms with van der Waals surface area (Å²) in [6.45, 7) is 4.08. The van der Waals surface area contributed by atoms with Crippen molar-refractivity contribution in [3.63, 3.8) is 0 Å². The van der Waals surface area contributed by atoms with Crippen molar-refractivity contribution < 1.29 is 19.1 Å². The molecule has 1 N–H and O–H groups in total. The number of hydrogen-bond acceptors (Lipinski definition) is 5. The van der Waals surface area contributed by atoms with Gasteiger partial charge < -0.3 is 14.8 Å². The van der Waals surface area contributed by atoms with Crippen molar-refractivity contribution in [3.05, 3.63) is 94.7 Å². The maximum absolute atomic E-state index is 13.7. The van der Waals surface area contributed by atoms with Crippen LogP contribution in [0.15, 0.2) is 72.4 Å². The lowest BCUT2D eigenvalue weighted by atomic mass is 10.0. The number of methoxy groups -OCH3 is 2. The van der Waals surface area contributed by atoms with Crippen LogP contribution in [0.5, 0.6) is 11.5 Å². The molecule has 4 rings (SSSR count). The third-order valence-electron chi connectivity index (χ3n) is 5.93. The van der Waals surface area contributed by atoms with Gasteiger partial charge in [0.1, 0.15) is 17.2 Å². The minimum atomic E-state index is -0.396. The maximum atomic E-state index is 13.7. The van der Waals surface area contributed by atoms with Crippen molar-refractivity contribution in [2.75, 3.05) is 19.5 Å². The molecule has 2 amide bonds. The van der Waals surface area contributed by atoms with E-state index in [2.05, 4.69) is 5.32 Å². The predicted molar refractivity (Wildman–Crippen MR) is 128 cm³/mol. The minimum Gasteiger partial charge on any atom is -0.496 e. The Hall–Kier alpha value is -4.06. The van der Waals surface area contributed by atoms with Crippen molar-refractivity contribution in [3.8, 4) is 11.5 Å². The van der Waals surface area contributed by atoms with Gasteiger partial charge in [0.05, 0.1) is 26.3 Å². The van der Waals surface area contributed by atoms with Crippen LogP contribution in [0.25, 0.3) is 5.57 Å². The molecular formula is C27H26N2O4. The Morgan fingerprint density at radius 3 is 2.18 bits per heavy atom. The van der Waals surface area contributed by atoms with Gasteiger partial charge in [0.2, 0.25) is 0 Å². The monoisotopic (exact) mass is 442 g/mol. The molecule has 0 spiro atoms. The quantitative estimate of drug-likeness (QED) is 0.537. The number of ether oxygens (including phenoxy) is 2. The van der Waals surface area contributed by atoms with Gasteiger partial charge in [-0.25, -0.2) is 0 Å². The second kappa shape index (κ2) is 9.20. The van der Waals surface area contributed by atoms with E-state index in [9.17, 15) is 9.59 Å². The summed E-state index contributed by atoms with van der Waals surface area (Å²) in [6.07, 6.45) is 0. The highest BCUT2D eigenvalue weighted by atomic mass is 16.5. The number of amides is 2. The fourth-order valence-electron chi connectivity index (χ4n) is 3.96. The molecule has 6 heteroatoms. The molecule has 1 aliphatic rings. The van der Waals surface area contributed by atoms with E-state index in [4.69, 9.17) is 9.47 Å². The third-order valence-corrected chi connectivity index (χ3v) is 5.93. The molecular weight excluding hydrogens is 416 g/mol. The molecule has 0 saturated heterocycles. The summed E-state index contributed by atoms with van der Waals surface area (Å²) < 4.78 is 10.9. The van der Waals surface area contributed by atoms with Crippen molar-refractivity contribution in [2.24, 2.45) is 0 Å². The molecule has 0 aromatic heterocycles. The topological polar surface area (TPSA) is 67.9 Å². The number of nitrogens with zero attached hydrogens (tertiary/aromatic N) is 1. The van der Waals surface area contributed by atoms with Crippen molar-refractivity contribution in [1.29, 1.82) is 0 Å². The number of carbonyl (C=O) groups excluding carboxylic acids is 2. The molecule has 0 unspecified atom stereocenters. The third kappa shape index (κ3) is 4.07. The summed E-state index contributed by atoms with van der Waals surface area (Å²) >= 11 is 0. The number of aryl methyl sites for hydroxylation is 1. The number of benzene rings is 3. The second-order valence-corrected chi connectivity index (χ2v) is 7.83. The highest BCUT2D eigenvalue weighted by Gasteiger charge is 2.40. The summed E-state index contributed by atoms with van der Waals surface area (Å²) in [7, 11) is 3.11. The summed E-state index contributed by atoms with van der Waals surface area (Å²) in [4.78, 5) is 28.5. The zero-order valence-corrected chi connectivity index (χ0v) is 19.1. The zero-order chi connectivity index (χ0) is 23.5. The molecule has 0 fully saturated rings. The van der Waals surface area contributed by atoms with Crippen molar-refractivity contribution in [2.45, 2.75) is 20.4 Å². The number of rotatable bonds is 7. The minimum absolute atomic E-state index is 0.0955. The molecule has 0 aliphatic carbocycles. The summed E-state index contributed by atoms with van der Waals surface area (Å²) in [5.41, 5.74) is 4.69. The molecule has 33 heavy (non-hydrogen) atoms. The second-order valence-electron chi connectivity index (χ2n) is 7.83. The van der Waals surface area contributed by atoms with Crippen LogP contribution < -0.4 is 14.8 Å². The van der Waals surface area contributed by atoms with Gasteiger partial charge in [0.15, 0.2) is 0 Å². The molecule has 3 aromatic rings. The van der Waals surface area contributed by atoms with Gasteiger partial charge in [0.25, 0.3) is 11.8 Å². The lowest BCUT2D eigenvalue weighted by Gasteiger charge is -2.17. The van der Waals surface area contributed by atoms with E-state index in [0.29, 0.717) is 17.1 Å². The van der Waals surface area contributed by atoms with Crippen LogP contribution >= 0.6 is 0 Å². The van der Waals surface area contributed by atoms with E-state index >= 15 is 0 Å². The first-order chi connectivity index (χ1) is 16.0. The molecule has 0 radical (unpaired) electrons. The molecule has 0 atom stereocenters. The standard InChI is InChI=1S/C27H26N2O4/c1-17-10-9-13-21(18(17)2)28-25-24(20-12-6-8-15-23(20)33-4)26(30)29(27(25)31)16-19-11-5-7-14-22(19)32-3/h5-15,28H,16H2,1-4H3. The number of imide groups is 1. The summed E-state index contributed by atoms with van der Waals surface area (Å²) in [6, 6.07) is 20.4.